The number of phenols is 2. The number of hydrogen-bond donors (Lipinski definition) is 2. The first-order chi connectivity index (χ1) is 10.5. The highest BCUT2D eigenvalue weighted by molar-refractivity contribution is 6.01. The van der Waals surface area contributed by atoms with Crippen LogP contribution in [0.15, 0.2) is 36.4 Å². The molecule has 116 valence electrons. The van der Waals surface area contributed by atoms with Crippen molar-refractivity contribution in [2.45, 2.75) is 12.8 Å². The maximum absolute atomic E-state index is 12.5. The number of phenolic OH excluding ortho intramolecular Hbond substituents is 2. The van der Waals surface area contributed by atoms with Gasteiger partial charge >= 0.3 is 0 Å². The summed E-state index contributed by atoms with van der Waals surface area (Å²) < 4.78 is 10.3. The van der Waals surface area contributed by atoms with Gasteiger partial charge in [0.1, 0.15) is 28.6 Å². The number of Topliss-reactive ketones (excluding diaryl/α,β-unsaturated/α-hetero) is 1. The Kier molecular flexibility index (Phi) is 4.88. The third-order valence-electron chi connectivity index (χ3n) is 3.35. The van der Waals surface area contributed by atoms with E-state index in [4.69, 9.17) is 9.47 Å². The molecule has 0 radical (unpaired) electrons. The van der Waals surface area contributed by atoms with Crippen molar-refractivity contribution in [3.05, 3.63) is 47.5 Å². The largest absolute Gasteiger partial charge is 0.508 e. The van der Waals surface area contributed by atoms with E-state index in [1.54, 1.807) is 24.3 Å². The van der Waals surface area contributed by atoms with Crippen LogP contribution in [0.2, 0.25) is 0 Å². The fourth-order valence-corrected chi connectivity index (χ4v) is 2.22. The minimum atomic E-state index is -0.137. The summed E-state index contributed by atoms with van der Waals surface area (Å²) >= 11 is 0. The first-order valence-electron chi connectivity index (χ1n) is 6.81. The van der Waals surface area contributed by atoms with Crippen LogP contribution in [-0.2, 0) is 6.42 Å². The minimum absolute atomic E-state index is 0.0243. The Balaban J connectivity index is 2.20. The molecule has 2 N–H and O–H groups in total. The van der Waals surface area contributed by atoms with E-state index in [2.05, 4.69) is 0 Å². The highest BCUT2D eigenvalue weighted by Crippen LogP contribution is 2.34. The molecule has 0 unspecified atom stereocenters. The summed E-state index contributed by atoms with van der Waals surface area (Å²) in [5.74, 6) is 0.600. The number of ether oxygens (including phenoxy) is 2. The molecule has 0 heterocycles. The summed E-state index contributed by atoms with van der Waals surface area (Å²) in [6.45, 7) is 0. The lowest BCUT2D eigenvalue weighted by Gasteiger charge is -2.13. The molecule has 5 nitrogen and oxygen atoms in total. The zero-order chi connectivity index (χ0) is 16.1. The van der Waals surface area contributed by atoms with Crippen molar-refractivity contribution in [1.29, 1.82) is 0 Å². The van der Waals surface area contributed by atoms with Crippen molar-refractivity contribution < 1.29 is 24.5 Å². The van der Waals surface area contributed by atoms with Crippen molar-refractivity contribution in [3.63, 3.8) is 0 Å². The van der Waals surface area contributed by atoms with Crippen LogP contribution in [0.3, 0.4) is 0 Å². The van der Waals surface area contributed by atoms with Crippen molar-refractivity contribution in [2.75, 3.05) is 14.2 Å². The smallest absolute Gasteiger partial charge is 0.170 e. The van der Waals surface area contributed by atoms with Crippen molar-refractivity contribution in [3.8, 4) is 23.0 Å². The molecule has 2 aromatic rings. The Labute approximate surface area is 128 Å². The number of aromatic hydroxyl groups is 2. The third kappa shape index (κ3) is 3.49. The first-order valence-corrected chi connectivity index (χ1v) is 6.81. The number of ketones is 1. The number of benzene rings is 2. The van der Waals surface area contributed by atoms with Gasteiger partial charge in [-0.1, -0.05) is 12.1 Å². The maximum Gasteiger partial charge on any atom is 0.170 e. The zero-order valence-corrected chi connectivity index (χ0v) is 12.5. The normalized spacial score (nSPS) is 10.3. The number of methoxy groups -OCH3 is 2. The van der Waals surface area contributed by atoms with Crippen LogP contribution < -0.4 is 9.47 Å². The topological polar surface area (TPSA) is 76.0 Å². The number of aryl methyl sites for hydroxylation is 1. The molecule has 2 rings (SSSR count). The second-order valence-electron chi connectivity index (χ2n) is 4.81. The molecule has 5 heteroatoms. The average molecular weight is 302 g/mol. The van der Waals surface area contributed by atoms with Crippen molar-refractivity contribution >= 4 is 5.78 Å². The van der Waals surface area contributed by atoms with E-state index in [-0.39, 0.29) is 35.2 Å². The summed E-state index contributed by atoms with van der Waals surface area (Å²) in [6, 6.07) is 9.48. The van der Waals surface area contributed by atoms with E-state index >= 15 is 0 Å². The number of carbonyl (C=O) groups is 1. The fraction of sp³-hybridized carbons (Fsp3) is 0.235. The summed E-state index contributed by atoms with van der Waals surface area (Å²) in [5.41, 5.74) is 1.27. The third-order valence-corrected chi connectivity index (χ3v) is 3.35. The van der Waals surface area contributed by atoms with E-state index in [1.807, 2.05) is 0 Å². The van der Waals surface area contributed by atoms with E-state index in [1.165, 1.54) is 26.4 Å². The Morgan fingerprint density at radius 2 is 1.50 bits per heavy atom. The molecule has 0 spiro atoms. The molecule has 0 bridgehead atoms. The molecule has 0 aliphatic heterocycles. The van der Waals surface area contributed by atoms with Crippen LogP contribution in [0, 0.1) is 0 Å². The van der Waals surface area contributed by atoms with Gasteiger partial charge in [-0.2, -0.15) is 0 Å². The van der Waals surface area contributed by atoms with Crippen LogP contribution in [-0.4, -0.2) is 30.2 Å². The second-order valence-corrected chi connectivity index (χ2v) is 4.81. The quantitative estimate of drug-likeness (QED) is 0.802. The predicted molar refractivity (Wildman–Crippen MR) is 82.0 cm³/mol. The fourth-order valence-electron chi connectivity index (χ4n) is 2.22. The molecule has 0 aliphatic carbocycles. The van der Waals surface area contributed by atoms with Crippen LogP contribution >= 0.6 is 0 Å². The molecular weight excluding hydrogens is 284 g/mol. The zero-order valence-electron chi connectivity index (χ0n) is 12.5. The van der Waals surface area contributed by atoms with Gasteiger partial charge in [0.25, 0.3) is 0 Å². The van der Waals surface area contributed by atoms with Crippen LogP contribution in [0.1, 0.15) is 22.3 Å². The van der Waals surface area contributed by atoms with Crippen molar-refractivity contribution in [2.24, 2.45) is 0 Å². The van der Waals surface area contributed by atoms with E-state index in [0.717, 1.165) is 5.56 Å². The number of hydrogen-bond acceptors (Lipinski definition) is 5. The van der Waals surface area contributed by atoms with Crippen LogP contribution in [0.25, 0.3) is 0 Å². The minimum Gasteiger partial charge on any atom is -0.508 e. The number of rotatable bonds is 6. The predicted octanol–water partition coefficient (Wildman–Crippen LogP) is 2.93. The van der Waals surface area contributed by atoms with Gasteiger partial charge < -0.3 is 19.7 Å². The summed E-state index contributed by atoms with van der Waals surface area (Å²) in [5, 5.41) is 18.9. The van der Waals surface area contributed by atoms with Crippen molar-refractivity contribution in [1.82, 2.24) is 0 Å². The Hall–Kier alpha value is -2.69. The highest BCUT2D eigenvalue weighted by Gasteiger charge is 2.19. The highest BCUT2D eigenvalue weighted by atomic mass is 16.5. The van der Waals surface area contributed by atoms with Gasteiger partial charge in [-0.05, 0) is 24.1 Å². The first kappa shape index (κ1) is 15.7. The van der Waals surface area contributed by atoms with E-state index < -0.39 is 0 Å². The van der Waals surface area contributed by atoms with Gasteiger partial charge in [-0.15, -0.1) is 0 Å². The summed E-state index contributed by atoms with van der Waals surface area (Å²) in [4.78, 5) is 12.5. The van der Waals surface area contributed by atoms with Gasteiger partial charge in [0.2, 0.25) is 0 Å². The van der Waals surface area contributed by atoms with E-state index in [0.29, 0.717) is 12.0 Å². The molecular formula is C17H18O5. The average Bonchev–Trinajstić information content (AvgIpc) is 2.53. The Morgan fingerprint density at radius 1 is 0.955 bits per heavy atom. The molecule has 0 aromatic heterocycles. The molecule has 0 saturated heterocycles. The van der Waals surface area contributed by atoms with Gasteiger partial charge in [0.05, 0.1) is 14.2 Å². The monoisotopic (exact) mass is 302 g/mol. The summed E-state index contributed by atoms with van der Waals surface area (Å²) in [6.07, 6.45) is 0.800. The second kappa shape index (κ2) is 6.85. The molecule has 0 aliphatic rings. The summed E-state index contributed by atoms with van der Waals surface area (Å²) in [7, 11) is 2.87. The molecule has 2 aromatic carbocycles. The molecule has 0 atom stereocenters. The SMILES string of the molecule is COc1cc(O)cc(OC)c1C(=O)CCc1ccc(O)cc1. The standard InChI is InChI=1S/C17H18O5/c1-21-15-9-13(19)10-16(22-2)17(15)14(20)8-5-11-3-6-12(18)7-4-11/h3-4,6-7,9-10,18-19H,5,8H2,1-2H3. The van der Waals surface area contributed by atoms with Gasteiger partial charge in [0.15, 0.2) is 5.78 Å². The Bertz CT molecular complexity index is 636. The number of carbonyl (C=O) groups excluding carboxylic acids is 1. The molecule has 0 amide bonds. The van der Waals surface area contributed by atoms with Gasteiger partial charge in [-0.25, -0.2) is 0 Å². The van der Waals surface area contributed by atoms with Crippen LogP contribution in [0.4, 0.5) is 0 Å². The lowest BCUT2D eigenvalue weighted by Crippen LogP contribution is -2.06. The maximum atomic E-state index is 12.5. The lowest BCUT2D eigenvalue weighted by molar-refractivity contribution is 0.0976. The van der Waals surface area contributed by atoms with Crippen LogP contribution in [0.5, 0.6) is 23.0 Å². The Morgan fingerprint density at radius 3 is 2.00 bits per heavy atom. The molecule has 0 saturated carbocycles. The van der Waals surface area contributed by atoms with Gasteiger partial charge in [0, 0.05) is 18.6 Å². The molecule has 0 fully saturated rings. The van der Waals surface area contributed by atoms with Gasteiger partial charge in [-0.3, -0.25) is 4.79 Å². The molecule has 22 heavy (non-hydrogen) atoms. The van der Waals surface area contributed by atoms with E-state index in [9.17, 15) is 15.0 Å². The lowest BCUT2D eigenvalue weighted by atomic mass is 10.0.